The summed E-state index contributed by atoms with van der Waals surface area (Å²) in [6.07, 6.45) is -2.65. The van der Waals surface area contributed by atoms with Crippen LogP contribution in [0.4, 0.5) is 13.2 Å². The molecule has 0 aromatic heterocycles. The van der Waals surface area contributed by atoms with Crippen molar-refractivity contribution in [1.82, 2.24) is 5.32 Å². The number of nitrogens with one attached hydrogen (secondary N) is 1. The summed E-state index contributed by atoms with van der Waals surface area (Å²) in [5, 5.41) is 2.49. The van der Waals surface area contributed by atoms with Crippen LogP contribution in [0.2, 0.25) is 0 Å². The van der Waals surface area contributed by atoms with Gasteiger partial charge in [-0.05, 0) is 39.5 Å². The van der Waals surface area contributed by atoms with Gasteiger partial charge in [-0.3, -0.25) is 4.79 Å². The lowest BCUT2D eigenvalue weighted by atomic mass is 10.1. The number of rotatable bonds is 2. The maximum atomic E-state index is 12.6. The van der Waals surface area contributed by atoms with Crippen LogP contribution in [0.3, 0.4) is 0 Å². The van der Waals surface area contributed by atoms with E-state index in [1.807, 2.05) is 0 Å². The Balaban J connectivity index is 2.75. The van der Waals surface area contributed by atoms with Gasteiger partial charge in [0, 0.05) is 17.2 Å². The van der Waals surface area contributed by atoms with Gasteiger partial charge in [-0.15, -0.1) is 0 Å². The normalized spacial score (nSPS) is 18.5. The van der Waals surface area contributed by atoms with Gasteiger partial charge >= 0.3 is 6.18 Å². The molecule has 0 bridgehead atoms. The average Bonchev–Trinajstić information content (AvgIpc) is 2.76. The van der Waals surface area contributed by atoms with Gasteiger partial charge in [0.05, 0.1) is 0 Å². The van der Waals surface area contributed by atoms with Crippen molar-refractivity contribution in [3.05, 3.63) is 11.6 Å². The van der Waals surface area contributed by atoms with Crippen molar-refractivity contribution in [3.63, 3.8) is 0 Å². The zero-order valence-corrected chi connectivity index (χ0v) is 9.61. The van der Waals surface area contributed by atoms with Gasteiger partial charge in [0.25, 0.3) is 0 Å². The van der Waals surface area contributed by atoms with Crippen molar-refractivity contribution < 1.29 is 18.0 Å². The molecule has 0 atom stereocenters. The van der Waals surface area contributed by atoms with Crippen molar-refractivity contribution in [2.45, 2.75) is 45.3 Å². The van der Waals surface area contributed by atoms with Crippen LogP contribution in [-0.2, 0) is 4.79 Å². The van der Waals surface area contributed by atoms with Gasteiger partial charge < -0.3 is 5.32 Å². The monoisotopic (exact) mass is 235 g/mol. The van der Waals surface area contributed by atoms with Crippen LogP contribution in [0.1, 0.15) is 33.6 Å². The van der Waals surface area contributed by atoms with Crippen molar-refractivity contribution in [2.75, 3.05) is 0 Å². The van der Waals surface area contributed by atoms with E-state index in [0.29, 0.717) is 18.9 Å². The number of hydrogen-bond donors (Lipinski definition) is 1. The number of carbonyl (C=O) groups excluding carboxylic acids is 1. The molecule has 0 saturated heterocycles. The first-order chi connectivity index (χ1) is 7.09. The molecule has 2 nitrogen and oxygen atoms in total. The lowest BCUT2D eigenvalue weighted by Crippen LogP contribution is -2.40. The molecular weight excluding hydrogens is 219 g/mol. The Morgan fingerprint density at radius 3 is 2.06 bits per heavy atom. The lowest BCUT2D eigenvalue weighted by molar-refractivity contribution is -0.119. The second-order valence-corrected chi connectivity index (χ2v) is 5.11. The molecule has 1 N–H and O–H groups in total. The Morgan fingerprint density at radius 2 is 1.75 bits per heavy atom. The van der Waals surface area contributed by atoms with E-state index in [1.165, 1.54) is 0 Å². The molecule has 0 aliphatic heterocycles. The molecule has 1 fully saturated rings. The van der Waals surface area contributed by atoms with Gasteiger partial charge in [0.15, 0.2) is 0 Å². The Labute approximate surface area is 92.9 Å². The number of carbonyl (C=O) groups is 1. The number of halogens is 3. The molecule has 0 spiro atoms. The topological polar surface area (TPSA) is 29.1 Å². The molecule has 0 heterocycles. The molecule has 1 amide bonds. The Morgan fingerprint density at radius 1 is 1.25 bits per heavy atom. The van der Waals surface area contributed by atoms with E-state index in [0.717, 1.165) is 0 Å². The Hall–Kier alpha value is -1.00. The lowest BCUT2D eigenvalue weighted by Gasteiger charge is -2.20. The predicted octanol–water partition coefficient (Wildman–Crippen LogP) is 2.80. The maximum absolute atomic E-state index is 12.6. The average molecular weight is 235 g/mol. The summed E-state index contributed by atoms with van der Waals surface area (Å²) in [7, 11) is 0. The second kappa shape index (κ2) is 4.11. The Bertz CT molecular complexity index is 308. The van der Waals surface area contributed by atoms with Gasteiger partial charge in [-0.1, -0.05) is 0 Å². The Kier molecular flexibility index (Phi) is 3.35. The number of hydrogen-bond acceptors (Lipinski definition) is 1. The van der Waals surface area contributed by atoms with Crippen molar-refractivity contribution in [2.24, 2.45) is 5.92 Å². The van der Waals surface area contributed by atoms with Crippen LogP contribution in [-0.4, -0.2) is 17.6 Å². The molecule has 1 aliphatic carbocycles. The van der Waals surface area contributed by atoms with E-state index in [4.69, 9.17) is 0 Å². The highest BCUT2D eigenvalue weighted by Crippen LogP contribution is 2.44. The van der Waals surface area contributed by atoms with Gasteiger partial charge in [0.2, 0.25) is 5.91 Å². The molecule has 1 saturated carbocycles. The van der Waals surface area contributed by atoms with Crippen molar-refractivity contribution in [3.8, 4) is 0 Å². The predicted molar refractivity (Wildman–Crippen MR) is 54.8 cm³/mol. The summed E-state index contributed by atoms with van der Waals surface area (Å²) in [6, 6.07) is 0. The minimum atomic E-state index is -4.39. The zero-order chi connectivity index (χ0) is 12.6. The second-order valence-electron chi connectivity index (χ2n) is 5.11. The molecule has 16 heavy (non-hydrogen) atoms. The van der Waals surface area contributed by atoms with Crippen LogP contribution in [0.25, 0.3) is 0 Å². The number of allylic oxidation sites excluding steroid dienone is 1. The smallest absolute Gasteiger partial charge is 0.348 e. The third-order valence-corrected chi connectivity index (χ3v) is 2.13. The first kappa shape index (κ1) is 13.1. The van der Waals surface area contributed by atoms with Gasteiger partial charge in [0.1, 0.15) is 0 Å². The molecule has 0 aromatic carbocycles. The molecule has 5 heteroatoms. The fourth-order valence-corrected chi connectivity index (χ4v) is 1.37. The summed E-state index contributed by atoms with van der Waals surface area (Å²) in [4.78, 5) is 11.4. The quantitative estimate of drug-likeness (QED) is 0.733. The first-order valence-corrected chi connectivity index (χ1v) is 5.20. The highest BCUT2D eigenvalue weighted by Gasteiger charge is 2.43. The fourth-order valence-electron chi connectivity index (χ4n) is 1.37. The van der Waals surface area contributed by atoms with Crippen LogP contribution in [0.15, 0.2) is 11.6 Å². The largest absolute Gasteiger partial charge is 0.413 e. The number of amides is 1. The third kappa shape index (κ3) is 4.24. The highest BCUT2D eigenvalue weighted by atomic mass is 19.4. The first-order valence-electron chi connectivity index (χ1n) is 5.20. The number of alkyl halides is 3. The van der Waals surface area contributed by atoms with Crippen molar-refractivity contribution >= 4 is 5.91 Å². The van der Waals surface area contributed by atoms with Crippen LogP contribution >= 0.6 is 0 Å². The molecule has 0 radical (unpaired) electrons. The van der Waals surface area contributed by atoms with E-state index >= 15 is 0 Å². The van der Waals surface area contributed by atoms with Crippen LogP contribution in [0, 0.1) is 5.92 Å². The maximum Gasteiger partial charge on any atom is 0.413 e. The molecular formula is C11H16F3NO. The van der Waals surface area contributed by atoms with E-state index < -0.39 is 29.1 Å². The summed E-state index contributed by atoms with van der Waals surface area (Å²) in [5.41, 5.74) is -1.22. The zero-order valence-electron chi connectivity index (χ0n) is 9.61. The minimum absolute atomic E-state index is 0.481. The SMILES string of the molecule is CC(C)(C)NC(=O)/C=C(\C1CC1)C(F)(F)F. The molecule has 0 unspecified atom stereocenters. The fraction of sp³-hybridized carbons (Fsp3) is 0.727. The third-order valence-electron chi connectivity index (χ3n) is 2.13. The van der Waals surface area contributed by atoms with Crippen LogP contribution < -0.4 is 5.32 Å². The van der Waals surface area contributed by atoms with E-state index in [1.54, 1.807) is 20.8 Å². The highest BCUT2D eigenvalue weighted by molar-refractivity contribution is 5.89. The standard InChI is InChI=1S/C11H16F3NO/c1-10(2,3)15-9(16)6-8(7-4-5-7)11(12,13)14/h6-7H,4-5H2,1-3H3,(H,15,16)/b8-6+. The minimum Gasteiger partial charge on any atom is -0.348 e. The molecule has 1 rings (SSSR count). The summed E-state index contributed by atoms with van der Waals surface area (Å²) >= 11 is 0. The summed E-state index contributed by atoms with van der Waals surface area (Å²) in [6.45, 7) is 5.18. The van der Waals surface area contributed by atoms with E-state index in [2.05, 4.69) is 5.32 Å². The summed E-state index contributed by atoms with van der Waals surface area (Å²) in [5.74, 6) is -1.16. The van der Waals surface area contributed by atoms with Gasteiger partial charge in [-0.25, -0.2) is 0 Å². The van der Waals surface area contributed by atoms with E-state index in [9.17, 15) is 18.0 Å². The van der Waals surface area contributed by atoms with Crippen molar-refractivity contribution in [1.29, 1.82) is 0 Å². The summed E-state index contributed by atoms with van der Waals surface area (Å²) < 4.78 is 37.7. The van der Waals surface area contributed by atoms with Crippen LogP contribution in [0.5, 0.6) is 0 Å². The molecule has 0 aromatic rings. The van der Waals surface area contributed by atoms with Gasteiger partial charge in [-0.2, -0.15) is 13.2 Å². The molecule has 1 aliphatic rings. The van der Waals surface area contributed by atoms with E-state index in [-0.39, 0.29) is 0 Å². The molecule has 92 valence electrons.